The second-order valence-corrected chi connectivity index (χ2v) is 7.18. The van der Waals surface area contributed by atoms with Gasteiger partial charge in [-0.15, -0.1) is 0 Å². The van der Waals surface area contributed by atoms with Crippen LogP contribution in [0.5, 0.6) is 0 Å². The van der Waals surface area contributed by atoms with E-state index in [4.69, 9.17) is 0 Å². The van der Waals surface area contributed by atoms with E-state index in [0.29, 0.717) is 35.9 Å². The third-order valence-corrected chi connectivity index (χ3v) is 5.59. The number of halogens is 1. The average molecular weight is 348 g/mol. The molecular weight excluding hydrogens is 330 g/mol. The maximum absolute atomic E-state index is 12.2. The molecule has 2 N–H and O–H groups in total. The van der Waals surface area contributed by atoms with E-state index in [1.54, 1.807) is 24.3 Å². The van der Waals surface area contributed by atoms with Gasteiger partial charge in [0.15, 0.2) is 0 Å². The summed E-state index contributed by atoms with van der Waals surface area (Å²) in [5, 5.41) is 10.1. The van der Waals surface area contributed by atoms with Crippen LogP contribution in [-0.4, -0.2) is 25.7 Å². The molecule has 0 atom stereocenters. The van der Waals surface area contributed by atoms with Crippen LogP contribution < -0.4 is 4.72 Å². The summed E-state index contributed by atoms with van der Waals surface area (Å²) < 4.78 is 27.1. The quantitative estimate of drug-likeness (QED) is 0.820. The van der Waals surface area contributed by atoms with Gasteiger partial charge in [-0.25, -0.2) is 13.1 Å². The second kappa shape index (κ2) is 6.35. The van der Waals surface area contributed by atoms with E-state index < -0.39 is 10.0 Å². The maximum atomic E-state index is 12.2. The van der Waals surface area contributed by atoms with Gasteiger partial charge in [0.25, 0.3) is 0 Å². The maximum Gasteiger partial charge on any atom is 0.240 e. The highest BCUT2D eigenvalue weighted by Crippen LogP contribution is 2.21. The highest BCUT2D eigenvalue weighted by atomic mass is 79.9. The van der Waals surface area contributed by atoms with Crippen molar-refractivity contribution in [2.75, 3.05) is 0 Å². The molecule has 0 amide bonds. The van der Waals surface area contributed by atoms with E-state index >= 15 is 0 Å². The van der Waals surface area contributed by atoms with Crippen LogP contribution >= 0.6 is 15.9 Å². The molecule has 0 heterocycles. The number of aliphatic hydroxyl groups is 1. The molecule has 2 rings (SSSR count). The Bertz CT molecular complexity index is 507. The fourth-order valence-corrected chi connectivity index (χ4v) is 3.92. The lowest BCUT2D eigenvalue weighted by molar-refractivity contribution is 0.120. The van der Waals surface area contributed by atoms with Crippen molar-refractivity contribution in [3.05, 3.63) is 29.8 Å². The standard InChI is InChI=1S/C13H18BrNO3S/c14-9-10-1-7-13(8-2-10)19(17,18)15-11-3-5-12(16)6-4-11/h1-2,7-8,11-12,15-16H,3-6,9H2. The van der Waals surface area contributed by atoms with Gasteiger partial charge in [0.1, 0.15) is 0 Å². The zero-order valence-corrected chi connectivity index (χ0v) is 13.0. The Kier molecular flexibility index (Phi) is 5.00. The number of rotatable bonds is 4. The van der Waals surface area contributed by atoms with Gasteiger partial charge in [0, 0.05) is 11.4 Å². The number of benzene rings is 1. The SMILES string of the molecule is O=S(=O)(NC1CCC(O)CC1)c1ccc(CBr)cc1. The highest BCUT2D eigenvalue weighted by molar-refractivity contribution is 9.08. The number of hydrogen-bond donors (Lipinski definition) is 2. The first-order valence-corrected chi connectivity index (χ1v) is 8.97. The highest BCUT2D eigenvalue weighted by Gasteiger charge is 2.24. The van der Waals surface area contributed by atoms with E-state index in [0.717, 1.165) is 5.56 Å². The van der Waals surface area contributed by atoms with Crippen molar-refractivity contribution in [1.82, 2.24) is 4.72 Å². The normalized spacial score (nSPS) is 24.3. The molecule has 6 heteroatoms. The summed E-state index contributed by atoms with van der Waals surface area (Å²) in [7, 11) is -3.45. The Morgan fingerprint density at radius 2 is 1.74 bits per heavy atom. The molecular formula is C13H18BrNO3S. The zero-order chi connectivity index (χ0) is 13.9. The third-order valence-electron chi connectivity index (χ3n) is 3.41. The second-order valence-electron chi connectivity index (χ2n) is 4.90. The first kappa shape index (κ1) is 15.0. The van der Waals surface area contributed by atoms with Crippen LogP contribution in [0.2, 0.25) is 0 Å². The Labute approximate surface area is 122 Å². The van der Waals surface area contributed by atoms with Gasteiger partial charge in [-0.2, -0.15) is 0 Å². The minimum absolute atomic E-state index is 0.0655. The van der Waals surface area contributed by atoms with E-state index in [1.165, 1.54) is 0 Å². The molecule has 0 bridgehead atoms. The largest absolute Gasteiger partial charge is 0.393 e. The fraction of sp³-hybridized carbons (Fsp3) is 0.538. The number of aliphatic hydroxyl groups excluding tert-OH is 1. The summed E-state index contributed by atoms with van der Waals surface area (Å²) in [6, 6.07) is 6.78. The van der Waals surface area contributed by atoms with Crippen LogP contribution in [0.25, 0.3) is 0 Å². The molecule has 1 aliphatic carbocycles. The third kappa shape index (κ3) is 4.02. The summed E-state index contributed by atoms with van der Waals surface area (Å²) in [5.74, 6) is 0. The molecule has 0 aromatic heterocycles. The van der Waals surface area contributed by atoms with Gasteiger partial charge < -0.3 is 5.11 Å². The van der Waals surface area contributed by atoms with Crippen molar-refractivity contribution in [2.24, 2.45) is 0 Å². The molecule has 1 aliphatic rings. The van der Waals surface area contributed by atoms with Crippen LogP contribution in [0.4, 0.5) is 0 Å². The molecule has 1 fully saturated rings. The molecule has 0 unspecified atom stereocenters. The molecule has 0 saturated heterocycles. The first-order valence-electron chi connectivity index (χ1n) is 6.36. The summed E-state index contributed by atoms with van der Waals surface area (Å²) in [6.07, 6.45) is 2.43. The van der Waals surface area contributed by atoms with Crippen LogP contribution in [0.3, 0.4) is 0 Å². The summed E-state index contributed by atoms with van der Waals surface area (Å²) >= 11 is 3.33. The Hall–Kier alpha value is -0.430. The lowest BCUT2D eigenvalue weighted by Crippen LogP contribution is -2.38. The van der Waals surface area contributed by atoms with Crippen molar-refractivity contribution in [3.63, 3.8) is 0 Å². The Balaban J connectivity index is 2.05. The van der Waals surface area contributed by atoms with Gasteiger partial charge in [0.05, 0.1) is 11.0 Å². The molecule has 1 aromatic carbocycles. The van der Waals surface area contributed by atoms with Crippen LogP contribution in [-0.2, 0) is 15.4 Å². The molecule has 4 nitrogen and oxygen atoms in total. The molecule has 0 aliphatic heterocycles. The Morgan fingerprint density at radius 3 is 2.26 bits per heavy atom. The monoisotopic (exact) mass is 347 g/mol. The van der Waals surface area contributed by atoms with Gasteiger partial charge in [-0.05, 0) is 43.4 Å². The average Bonchev–Trinajstić information content (AvgIpc) is 2.41. The number of sulfonamides is 1. The Morgan fingerprint density at radius 1 is 1.16 bits per heavy atom. The molecule has 19 heavy (non-hydrogen) atoms. The van der Waals surface area contributed by atoms with Crippen molar-refractivity contribution in [3.8, 4) is 0 Å². The van der Waals surface area contributed by atoms with Gasteiger partial charge in [0.2, 0.25) is 10.0 Å². The van der Waals surface area contributed by atoms with Gasteiger partial charge in [-0.3, -0.25) is 0 Å². The lowest BCUT2D eigenvalue weighted by atomic mass is 9.94. The first-order chi connectivity index (χ1) is 9.01. The number of nitrogens with one attached hydrogen (secondary N) is 1. The molecule has 1 aromatic rings. The zero-order valence-electron chi connectivity index (χ0n) is 10.5. The minimum atomic E-state index is -3.45. The van der Waals surface area contributed by atoms with Crippen LogP contribution in [0.1, 0.15) is 31.2 Å². The van der Waals surface area contributed by atoms with E-state index in [-0.39, 0.29) is 12.1 Å². The number of alkyl halides is 1. The van der Waals surface area contributed by atoms with Crippen molar-refractivity contribution in [2.45, 2.75) is 48.1 Å². The lowest BCUT2D eigenvalue weighted by Gasteiger charge is -2.25. The summed E-state index contributed by atoms with van der Waals surface area (Å²) in [6.45, 7) is 0. The fourth-order valence-electron chi connectivity index (χ4n) is 2.24. The van der Waals surface area contributed by atoms with Crippen molar-refractivity contribution in [1.29, 1.82) is 0 Å². The summed E-state index contributed by atoms with van der Waals surface area (Å²) in [4.78, 5) is 0.295. The minimum Gasteiger partial charge on any atom is -0.393 e. The van der Waals surface area contributed by atoms with Crippen LogP contribution in [0, 0.1) is 0 Å². The van der Waals surface area contributed by atoms with Crippen molar-refractivity contribution < 1.29 is 13.5 Å². The molecule has 0 spiro atoms. The molecule has 0 radical (unpaired) electrons. The van der Waals surface area contributed by atoms with Gasteiger partial charge >= 0.3 is 0 Å². The predicted molar refractivity (Wildman–Crippen MR) is 77.7 cm³/mol. The summed E-state index contributed by atoms with van der Waals surface area (Å²) in [5.41, 5.74) is 1.04. The molecule has 1 saturated carbocycles. The predicted octanol–water partition coefficient (Wildman–Crippen LogP) is 2.16. The topological polar surface area (TPSA) is 66.4 Å². The van der Waals surface area contributed by atoms with E-state index in [9.17, 15) is 13.5 Å². The molecule has 106 valence electrons. The van der Waals surface area contributed by atoms with E-state index in [1.807, 2.05) is 0 Å². The number of hydrogen-bond acceptors (Lipinski definition) is 3. The smallest absolute Gasteiger partial charge is 0.240 e. The van der Waals surface area contributed by atoms with Crippen molar-refractivity contribution >= 4 is 26.0 Å². The van der Waals surface area contributed by atoms with Gasteiger partial charge in [-0.1, -0.05) is 28.1 Å². The van der Waals surface area contributed by atoms with Crippen LogP contribution in [0.15, 0.2) is 29.2 Å². The van der Waals surface area contributed by atoms with E-state index in [2.05, 4.69) is 20.7 Å².